The number of rotatable bonds is 55. The standard InChI is InChI=1S/C70H114O6/c1-4-7-10-13-16-19-22-25-28-30-32-34-35-37-38-40-42-45-48-51-54-57-60-63-69(72)75-66-67(65-74-68(71)62-59-56-53-50-47-44-27-24-21-18-15-12-9-6-3)76-70(73)64-61-58-55-52-49-46-43-41-39-36-33-31-29-26-23-20-17-14-11-8-5-2/h7-8,10-11,16-17,19-20,25-26,28-29,32-34,36-38,42,45,51,54,67H,4-6,9,12-15,18,21-24,27,30-31,35,39-41,43-44,46-50,52-53,55-66H2,1-3H3/b10-7-,11-8-,19-16-,20-17-,28-25-,29-26-,34-32-,36-33-,38-37-,45-42-,54-51-. The van der Waals surface area contributed by atoms with Crippen LogP contribution in [-0.2, 0) is 28.6 Å². The molecule has 1 atom stereocenters. The minimum absolute atomic E-state index is 0.101. The molecular formula is C70H114O6. The van der Waals surface area contributed by atoms with Crippen molar-refractivity contribution in [2.75, 3.05) is 13.2 Å². The first kappa shape index (κ1) is 71.5. The van der Waals surface area contributed by atoms with E-state index in [-0.39, 0.29) is 37.5 Å². The van der Waals surface area contributed by atoms with Gasteiger partial charge >= 0.3 is 17.9 Å². The second-order valence-electron chi connectivity index (χ2n) is 20.2. The number of unbranched alkanes of at least 4 members (excludes halogenated alkanes) is 22. The lowest BCUT2D eigenvalue weighted by atomic mass is 10.0. The summed E-state index contributed by atoms with van der Waals surface area (Å²) in [7, 11) is 0. The summed E-state index contributed by atoms with van der Waals surface area (Å²) in [6.45, 7) is 6.37. The van der Waals surface area contributed by atoms with Crippen LogP contribution in [0.5, 0.6) is 0 Å². The maximum atomic E-state index is 12.9. The van der Waals surface area contributed by atoms with E-state index in [2.05, 4.69) is 154 Å². The van der Waals surface area contributed by atoms with Gasteiger partial charge < -0.3 is 14.2 Å². The molecule has 0 amide bonds. The molecular weight excluding hydrogens is 937 g/mol. The Kier molecular flexibility index (Phi) is 59.4. The average Bonchev–Trinajstić information content (AvgIpc) is 3.42. The molecule has 0 aliphatic carbocycles. The van der Waals surface area contributed by atoms with E-state index in [4.69, 9.17) is 14.2 Å². The Hall–Kier alpha value is -4.45. The Bertz CT molecular complexity index is 1630. The van der Waals surface area contributed by atoms with Crippen LogP contribution in [0.3, 0.4) is 0 Å². The van der Waals surface area contributed by atoms with Gasteiger partial charge in [-0.05, 0) is 109 Å². The third kappa shape index (κ3) is 60.4. The highest BCUT2D eigenvalue weighted by atomic mass is 16.6. The highest BCUT2D eigenvalue weighted by molar-refractivity contribution is 5.71. The van der Waals surface area contributed by atoms with Gasteiger partial charge in [0, 0.05) is 19.3 Å². The van der Waals surface area contributed by atoms with Crippen LogP contribution in [0.4, 0.5) is 0 Å². The van der Waals surface area contributed by atoms with E-state index in [0.29, 0.717) is 19.3 Å². The number of ether oxygens (including phenoxy) is 3. The van der Waals surface area contributed by atoms with Gasteiger partial charge in [0.15, 0.2) is 6.10 Å². The number of esters is 3. The zero-order chi connectivity index (χ0) is 55.0. The van der Waals surface area contributed by atoms with Crippen molar-refractivity contribution in [3.05, 3.63) is 134 Å². The fourth-order valence-electron chi connectivity index (χ4n) is 8.31. The first-order valence-corrected chi connectivity index (χ1v) is 31.2. The molecule has 0 saturated carbocycles. The molecule has 6 nitrogen and oxygen atoms in total. The lowest BCUT2D eigenvalue weighted by Crippen LogP contribution is -2.30. The van der Waals surface area contributed by atoms with Gasteiger partial charge in [-0.3, -0.25) is 14.4 Å². The van der Waals surface area contributed by atoms with Crippen LogP contribution in [0, 0.1) is 0 Å². The van der Waals surface area contributed by atoms with Gasteiger partial charge in [-0.15, -0.1) is 0 Å². The molecule has 430 valence electrons. The zero-order valence-corrected chi connectivity index (χ0v) is 49.2. The largest absolute Gasteiger partial charge is 0.462 e. The average molecular weight is 1050 g/mol. The van der Waals surface area contributed by atoms with E-state index in [0.717, 1.165) is 122 Å². The summed E-state index contributed by atoms with van der Waals surface area (Å²) in [6, 6.07) is 0. The van der Waals surface area contributed by atoms with Crippen LogP contribution in [0.25, 0.3) is 0 Å². The van der Waals surface area contributed by atoms with E-state index >= 15 is 0 Å². The summed E-state index contributed by atoms with van der Waals surface area (Å²) in [5.41, 5.74) is 0. The molecule has 0 aromatic rings. The van der Waals surface area contributed by atoms with E-state index < -0.39 is 6.10 Å². The summed E-state index contributed by atoms with van der Waals surface area (Å²) in [6.07, 6.45) is 88.8. The first-order valence-electron chi connectivity index (χ1n) is 31.2. The summed E-state index contributed by atoms with van der Waals surface area (Å²) in [5, 5.41) is 0. The van der Waals surface area contributed by atoms with E-state index in [1.165, 1.54) is 103 Å². The van der Waals surface area contributed by atoms with Gasteiger partial charge in [0.2, 0.25) is 0 Å². The van der Waals surface area contributed by atoms with Gasteiger partial charge in [-0.1, -0.05) is 276 Å². The quantitative estimate of drug-likeness (QED) is 0.0261. The molecule has 0 aliphatic rings. The van der Waals surface area contributed by atoms with Crippen LogP contribution < -0.4 is 0 Å². The third-order valence-electron chi connectivity index (χ3n) is 12.9. The van der Waals surface area contributed by atoms with Gasteiger partial charge in [-0.25, -0.2) is 0 Å². The Morgan fingerprint density at radius 1 is 0.276 bits per heavy atom. The number of hydrogen-bond donors (Lipinski definition) is 0. The highest BCUT2D eigenvalue weighted by Crippen LogP contribution is 2.15. The minimum Gasteiger partial charge on any atom is -0.462 e. The first-order chi connectivity index (χ1) is 37.5. The van der Waals surface area contributed by atoms with Crippen LogP contribution in [0.2, 0.25) is 0 Å². The van der Waals surface area contributed by atoms with Crippen LogP contribution in [0.15, 0.2) is 134 Å². The van der Waals surface area contributed by atoms with Crippen molar-refractivity contribution in [2.24, 2.45) is 0 Å². The second-order valence-corrected chi connectivity index (χ2v) is 20.2. The highest BCUT2D eigenvalue weighted by Gasteiger charge is 2.19. The van der Waals surface area contributed by atoms with Crippen molar-refractivity contribution in [1.82, 2.24) is 0 Å². The summed E-state index contributed by atoms with van der Waals surface area (Å²) in [4.78, 5) is 38.3. The SMILES string of the molecule is CC/C=C\C/C=C\C/C=C\C/C=C\C/C=C\C/C=C\C/C=C\CCCC(=O)OCC(COC(=O)CCCCCCCCCCCCCCCC)OC(=O)CCCCCCCCCC/C=C\C/C=C\C/C=C\C/C=C\CC. The van der Waals surface area contributed by atoms with E-state index in [9.17, 15) is 14.4 Å². The van der Waals surface area contributed by atoms with Crippen molar-refractivity contribution in [3.63, 3.8) is 0 Å². The van der Waals surface area contributed by atoms with E-state index in [1.54, 1.807) is 0 Å². The Morgan fingerprint density at radius 2 is 0.526 bits per heavy atom. The molecule has 0 N–H and O–H groups in total. The van der Waals surface area contributed by atoms with Gasteiger partial charge in [0.1, 0.15) is 13.2 Å². The Labute approximate surface area is 468 Å². The predicted molar refractivity (Wildman–Crippen MR) is 329 cm³/mol. The zero-order valence-electron chi connectivity index (χ0n) is 49.2. The molecule has 0 aliphatic heterocycles. The normalized spacial score (nSPS) is 13.0. The maximum absolute atomic E-state index is 12.9. The second kappa shape index (κ2) is 63.1. The molecule has 0 heterocycles. The van der Waals surface area contributed by atoms with Crippen molar-refractivity contribution in [3.8, 4) is 0 Å². The van der Waals surface area contributed by atoms with Crippen molar-refractivity contribution in [2.45, 2.75) is 277 Å². The molecule has 0 radical (unpaired) electrons. The molecule has 0 aromatic heterocycles. The summed E-state index contributed by atoms with van der Waals surface area (Å²) < 4.78 is 16.9. The maximum Gasteiger partial charge on any atom is 0.306 e. The van der Waals surface area contributed by atoms with Crippen molar-refractivity contribution < 1.29 is 28.6 Å². The molecule has 1 unspecified atom stereocenters. The van der Waals surface area contributed by atoms with Crippen LogP contribution in [0.1, 0.15) is 271 Å². The number of carbonyl (C=O) groups excluding carboxylic acids is 3. The van der Waals surface area contributed by atoms with E-state index in [1.807, 2.05) is 0 Å². The van der Waals surface area contributed by atoms with Gasteiger partial charge in [0.05, 0.1) is 0 Å². The van der Waals surface area contributed by atoms with Crippen LogP contribution >= 0.6 is 0 Å². The monoisotopic (exact) mass is 1050 g/mol. The molecule has 0 spiro atoms. The lowest BCUT2D eigenvalue weighted by molar-refractivity contribution is -0.167. The molecule has 0 bridgehead atoms. The fourth-order valence-corrected chi connectivity index (χ4v) is 8.31. The smallest absolute Gasteiger partial charge is 0.306 e. The fraction of sp³-hybridized carbons (Fsp3) is 0.643. The van der Waals surface area contributed by atoms with Gasteiger partial charge in [0.25, 0.3) is 0 Å². The Morgan fingerprint density at radius 3 is 0.855 bits per heavy atom. The topological polar surface area (TPSA) is 78.9 Å². The molecule has 0 fully saturated rings. The van der Waals surface area contributed by atoms with Crippen LogP contribution in [-0.4, -0.2) is 37.2 Å². The molecule has 0 saturated heterocycles. The molecule has 76 heavy (non-hydrogen) atoms. The number of allylic oxidation sites excluding steroid dienone is 22. The molecule has 0 aromatic carbocycles. The van der Waals surface area contributed by atoms with Crippen molar-refractivity contribution >= 4 is 17.9 Å². The molecule has 0 rings (SSSR count). The van der Waals surface area contributed by atoms with Crippen molar-refractivity contribution in [1.29, 1.82) is 0 Å². The Balaban J connectivity index is 4.49. The van der Waals surface area contributed by atoms with Gasteiger partial charge in [-0.2, -0.15) is 0 Å². The third-order valence-corrected chi connectivity index (χ3v) is 12.9. The number of carbonyl (C=O) groups is 3. The summed E-state index contributed by atoms with van der Waals surface area (Å²) >= 11 is 0. The minimum atomic E-state index is -0.810. The summed E-state index contributed by atoms with van der Waals surface area (Å²) in [5.74, 6) is -0.969. The molecule has 6 heteroatoms. The number of hydrogen-bond acceptors (Lipinski definition) is 6. The predicted octanol–water partition coefficient (Wildman–Crippen LogP) is 21.4. The lowest BCUT2D eigenvalue weighted by Gasteiger charge is -2.18.